The van der Waals surface area contributed by atoms with Crippen LogP contribution in [0.4, 0.5) is 13.2 Å². The van der Waals surface area contributed by atoms with Crippen LogP contribution in [0.25, 0.3) is 0 Å². The van der Waals surface area contributed by atoms with Gasteiger partial charge in [-0.3, -0.25) is 0 Å². The van der Waals surface area contributed by atoms with Crippen molar-refractivity contribution in [3.8, 4) is 5.75 Å². The Balaban J connectivity index is 2.32. The minimum absolute atomic E-state index is 0.145. The fourth-order valence-electron chi connectivity index (χ4n) is 1.59. The van der Waals surface area contributed by atoms with Gasteiger partial charge in [-0.15, -0.1) is 0 Å². The minimum atomic E-state index is -5.46. The molecule has 1 heterocycles. The maximum Gasteiger partial charge on any atom is 0.502 e. The summed E-state index contributed by atoms with van der Waals surface area (Å²) in [6, 6.07) is 4.62. The van der Waals surface area contributed by atoms with E-state index in [0.29, 0.717) is 5.82 Å². The highest BCUT2D eigenvalue weighted by Crippen LogP contribution is 2.35. The molecule has 0 unspecified atom stereocenters. The lowest BCUT2D eigenvalue weighted by molar-refractivity contribution is -0.0437. The van der Waals surface area contributed by atoms with Gasteiger partial charge in [0.2, 0.25) is 0 Å². The Morgan fingerprint density at radius 3 is 2.52 bits per heavy atom. The smallest absolute Gasteiger partial charge is 0.484 e. The molecule has 1 aromatic carbocycles. The highest BCUT2D eigenvalue weighted by atomic mass is 32.2. The Hall–Kier alpha value is -2.03. The number of alkyl halides is 3. The summed E-state index contributed by atoms with van der Waals surface area (Å²) in [5, 5.41) is 0. The molecule has 0 fully saturated rings. The Kier molecular flexibility index (Phi) is 3.95. The third-order valence-electron chi connectivity index (χ3n) is 2.72. The summed E-state index contributed by atoms with van der Waals surface area (Å²) in [4.78, 5) is 3.03. The van der Waals surface area contributed by atoms with Gasteiger partial charge in [-0.25, -0.2) is 13.4 Å². The number of halogens is 3. The van der Waals surface area contributed by atoms with E-state index in [1.165, 1.54) is 24.4 Å². The number of rotatable bonds is 4. The topological polar surface area (TPSA) is 61.2 Å². The normalized spacial score (nSPS) is 12.4. The van der Waals surface area contributed by atoms with Crippen molar-refractivity contribution in [3.05, 3.63) is 42.5 Å². The highest BCUT2D eigenvalue weighted by Gasteiger charge is 2.48. The fourth-order valence-corrected chi connectivity index (χ4v) is 2.49. The summed E-state index contributed by atoms with van der Waals surface area (Å²) in [6.45, 7) is -0.145. The molecular weight excluding hydrogens is 309 g/mol. The second-order valence-electron chi connectivity index (χ2n) is 4.14. The summed E-state index contributed by atoms with van der Waals surface area (Å²) >= 11 is 0. The molecule has 2 aromatic rings. The molecule has 5 nitrogen and oxygen atoms in total. The maximum atomic E-state index is 12.6. The number of para-hydroxylation sites is 1. The van der Waals surface area contributed by atoms with E-state index >= 15 is 0 Å². The van der Waals surface area contributed by atoms with Crippen LogP contribution in [0.3, 0.4) is 0 Å². The second-order valence-corrected chi connectivity index (χ2v) is 6.05. The van der Waals surface area contributed by atoms with Crippen LogP contribution >= 0.6 is 0 Å². The van der Waals surface area contributed by atoms with E-state index in [1.54, 1.807) is 17.8 Å². The van der Waals surface area contributed by atoms with Crippen molar-refractivity contribution in [2.75, 3.05) is 0 Å². The van der Waals surface area contributed by atoms with E-state index in [-0.39, 0.29) is 12.4 Å². The van der Waals surface area contributed by atoms with E-state index in [2.05, 4.69) is 4.98 Å². The number of imidazole rings is 1. The SMILES string of the molecule is Cn1ccnc1COc1ccccc1S(=O)(=O)C(F)(F)F. The average Bonchev–Trinajstić information content (AvgIpc) is 2.81. The molecule has 0 aliphatic rings. The van der Waals surface area contributed by atoms with E-state index in [0.717, 1.165) is 6.07 Å². The van der Waals surface area contributed by atoms with Crippen LogP contribution in [0.2, 0.25) is 0 Å². The number of aromatic nitrogens is 2. The van der Waals surface area contributed by atoms with Crippen LogP contribution in [-0.2, 0) is 23.5 Å². The second kappa shape index (κ2) is 5.40. The standard InChI is InChI=1S/C12H11F3N2O3S/c1-17-7-6-16-11(17)8-20-9-4-2-3-5-10(9)21(18,19)12(13,14)15/h2-7H,8H2,1H3. The van der Waals surface area contributed by atoms with E-state index < -0.39 is 20.2 Å². The molecule has 0 spiro atoms. The molecular formula is C12H11F3N2O3S. The first-order valence-corrected chi connectivity index (χ1v) is 7.21. The monoisotopic (exact) mass is 320 g/mol. The molecule has 0 atom stereocenters. The van der Waals surface area contributed by atoms with Gasteiger partial charge in [-0.05, 0) is 12.1 Å². The Labute approximate surface area is 118 Å². The third-order valence-corrected chi connectivity index (χ3v) is 4.25. The number of hydrogen-bond donors (Lipinski definition) is 0. The largest absolute Gasteiger partial charge is 0.502 e. The van der Waals surface area contributed by atoms with Gasteiger partial charge in [0, 0.05) is 19.4 Å². The molecule has 9 heteroatoms. The Morgan fingerprint density at radius 2 is 1.95 bits per heavy atom. The number of benzene rings is 1. The molecule has 1 aromatic heterocycles. The summed E-state index contributed by atoms with van der Waals surface area (Å²) in [7, 11) is -3.78. The van der Waals surface area contributed by atoms with Crippen LogP contribution in [-0.4, -0.2) is 23.5 Å². The molecule has 0 aliphatic heterocycles. The van der Waals surface area contributed by atoms with Crippen molar-refractivity contribution < 1.29 is 26.3 Å². The molecule has 0 amide bonds. The van der Waals surface area contributed by atoms with Gasteiger partial charge in [0.1, 0.15) is 23.1 Å². The van der Waals surface area contributed by atoms with E-state index in [9.17, 15) is 21.6 Å². The Bertz CT molecular complexity index is 738. The van der Waals surface area contributed by atoms with E-state index in [4.69, 9.17) is 4.74 Å². The first kappa shape index (κ1) is 15.4. The van der Waals surface area contributed by atoms with Crippen LogP contribution in [0.15, 0.2) is 41.6 Å². The lowest BCUT2D eigenvalue weighted by Crippen LogP contribution is -2.24. The molecule has 2 rings (SSSR count). The quantitative estimate of drug-likeness (QED) is 0.867. The van der Waals surface area contributed by atoms with Gasteiger partial charge in [-0.1, -0.05) is 12.1 Å². The predicted octanol–water partition coefficient (Wildman–Crippen LogP) is 2.29. The number of ether oxygens (including phenoxy) is 1. The third kappa shape index (κ3) is 3.02. The minimum Gasteiger partial charge on any atom is -0.484 e. The van der Waals surface area contributed by atoms with Crippen molar-refractivity contribution in [2.45, 2.75) is 17.0 Å². The van der Waals surface area contributed by atoms with E-state index in [1.807, 2.05) is 0 Å². The summed E-state index contributed by atoms with van der Waals surface area (Å²) < 4.78 is 67.6. The molecule has 21 heavy (non-hydrogen) atoms. The van der Waals surface area contributed by atoms with Crippen molar-refractivity contribution in [1.82, 2.24) is 9.55 Å². The lowest BCUT2D eigenvalue weighted by atomic mass is 10.3. The predicted molar refractivity (Wildman–Crippen MR) is 67.2 cm³/mol. The van der Waals surface area contributed by atoms with Gasteiger partial charge < -0.3 is 9.30 Å². The average molecular weight is 320 g/mol. The van der Waals surface area contributed by atoms with Crippen LogP contribution in [0.5, 0.6) is 5.75 Å². The molecule has 0 aliphatic carbocycles. The van der Waals surface area contributed by atoms with Gasteiger partial charge in [0.25, 0.3) is 9.84 Å². The van der Waals surface area contributed by atoms with Crippen molar-refractivity contribution in [1.29, 1.82) is 0 Å². The Morgan fingerprint density at radius 1 is 1.29 bits per heavy atom. The molecule has 114 valence electrons. The zero-order valence-electron chi connectivity index (χ0n) is 10.8. The molecule has 0 saturated heterocycles. The van der Waals surface area contributed by atoms with Crippen molar-refractivity contribution >= 4 is 9.84 Å². The number of aryl methyl sites for hydroxylation is 1. The number of sulfone groups is 1. The van der Waals surface area contributed by atoms with Crippen LogP contribution < -0.4 is 4.74 Å². The van der Waals surface area contributed by atoms with Crippen LogP contribution in [0.1, 0.15) is 5.82 Å². The molecule has 0 saturated carbocycles. The maximum absolute atomic E-state index is 12.6. The number of hydrogen-bond acceptors (Lipinski definition) is 4. The summed E-state index contributed by atoms with van der Waals surface area (Å²) in [6.07, 6.45) is 3.13. The molecule has 0 radical (unpaired) electrons. The van der Waals surface area contributed by atoms with Gasteiger partial charge in [-0.2, -0.15) is 13.2 Å². The summed E-state index contributed by atoms with van der Waals surface area (Å²) in [5.74, 6) is 0.0898. The molecule has 0 N–H and O–H groups in total. The fraction of sp³-hybridized carbons (Fsp3) is 0.250. The summed E-state index contributed by atoms with van der Waals surface area (Å²) in [5.41, 5.74) is -5.38. The molecule has 0 bridgehead atoms. The van der Waals surface area contributed by atoms with Gasteiger partial charge >= 0.3 is 5.51 Å². The number of nitrogens with zero attached hydrogens (tertiary/aromatic N) is 2. The van der Waals surface area contributed by atoms with Gasteiger partial charge in [0.05, 0.1) is 0 Å². The first-order valence-electron chi connectivity index (χ1n) is 5.73. The van der Waals surface area contributed by atoms with Crippen molar-refractivity contribution in [2.24, 2.45) is 7.05 Å². The van der Waals surface area contributed by atoms with Crippen molar-refractivity contribution in [3.63, 3.8) is 0 Å². The lowest BCUT2D eigenvalue weighted by Gasteiger charge is -2.13. The zero-order valence-corrected chi connectivity index (χ0v) is 11.6. The first-order chi connectivity index (χ1) is 9.73. The van der Waals surface area contributed by atoms with Crippen LogP contribution in [0, 0.1) is 0 Å². The highest BCUT2D eigenvalue weighted by molar-refractivity contribution is 7.92. The zero-order chi connectivity index (χ0) is 15.7. The van der Waals surface area contributed by atoms with Gasteiger partial charge in [0.15, 0.2) is 0 Å².